The average Bonchev–Trinajstić information content (AvgIpc) is 3.21. The van der Waals surface area contributed by atoms with Crippen molar-refractivity contribution in [3.8, 4) is 0 Å². The van der Waals surface area contributed by atoms with Gasteiger partial charge in [-0.2, -0.15) is 5.10 Å². The maximum Gasteiger partial charge on any atom is 0.270 e. The van der Waals surface area contributed by atoms with Crippen molar-refractivity contribution in [2.45, 2.75) is 26.3 Å². The van der Waals surface area contributed by atoms with Gasteiger partial charge in [0, 0.05) is 31.4 Å². The van der Waals surface area contributed by atoms with Crippen molar-refractivity contribution in [2.75, 3.05) is 23.3 Å². The van der Waals surface area contributed by atoms with Gasteiger partial charge in [0.25, 0.3) is 11.6 Å². The standard InChI is InChI=1S/C23H25N5O3/c1-17-9-11-26(12-10-17)22-8-7-20(28(30)31)13-21(22)23(29)25-19-14-24-27(16-19)15-18-5-3-2-4-6-18/h2-8,13-14,16-17H,9-12,15H2,1H3,(H,25,29). The summed E-state index contributed by atoms with van der Waals surface area (Å²) in [5, 5.41) is 18.4. The van der Waals surface area contributed by atoms with E-state index >= 15 is 0 Å². The first kappa shape index (κ1) is 20.6. The van der Waals surface area contributed by atoms with Gasteiger partial charge in [0.1, 0.15) is 0 Å². The quantitative estimate of drug-likeness (QED) is 0.474. The second-order valence-corrected chi connectivity index (χ2v) is 7.99. The van der Waals surface area contributed by atoms with E-state index in [9.17, 15) is 14.9 Å². The summed E-state index contributed by atoms with van der Waals surface area (Å²) >= 11 is 0. The Morgan fingerprint density at radius 3 is 2.65 bits per heavy atom. The topological polar surface area (TPSA) is 93.3 Å². The molecule has 160 valence electrons. The molecule has 8 heteroatoms. The van der Waals surface area contributed by atoms with Crippen LogP contribution in [0.4, 0.5) is 17.1 Å². The minimum atomic E-state index is -0.475. The van der Waals surface area contributed by atoms with E-state index in [4.69, 9.17) is 0 Å². The molecule has 2 heterocycles. The van der Waals surface area contributed by atoms with Gasteiger partial charge in [-0.15, -0.1) is 0 Å². The van der Waals surface area contributed by atoms with Gasteiger partial charge in [-0.25, -0.2) is 0 Å². The number of benzene rings is 2. The molecule has 1 amide bonds. The Balaban J connectivity index is 1.54. The highest BCUT2D eigenvalue weighted by Crippen LogP contribution is 2.30. The Morgan fingerprint density at radius 2 is 1.94 bits per heavy atom. The Kier molecular flexibility index (Phi) is 5.97. The van der Waals surface area contributed by atoms with Gasteiger partial charge in [-0.1, -0.05) is 37.3 Å². The number of rotatable bonds is 6. The van der Waals surface area contributed by atoms with Crippen molar-refractivity contribution in [1.29, 1.82) is 0 Å². The fourth-order valence-corrected chi connectivity index (χ4v) is 3.83. The molecule has 0 atom stereocenters. The van der Waals surface area contributed by atoms with Crippen LogP contribution in [0.3, 0.4) is 0 Å². The van der Waals surface area contributed by atoms with Crippen LogP contribution in [-0.4, -0.2) is 33.7 Å². The van der Waals surface area contributed by atoms with Gasteiger partial charge >= 0.3 is 0 Å². The number of carbonyl (C=O) groups is 1. The molecule has 31 heavy (non-hydrogen) atoms. The van der Waals surface area contributed by atoms with Gasteiger partial charge in [0.2, 0.25) is 0 Å². The zero-order valence-corrected chi connectivity index (χ0v) is 17.4. The van der Waals surface area contributed by atoms with Crippen molar-refractivity contribution < 1.29 is 9.72 Å². The molecule has 1 N–H and O–H groups in total. The first-order chi connectivity index (χ1) is 15.0. The predicted octanol–water partition coefficient (Wildman–Crippen LogP) is 4.33. The molecule has 1 saturated heterocycles. The SMILES string of the molecule is CC1CCN(c2ccc([N+](=O)[O-])cc2C(=O)Nc2cnn(Cc3ccccc3)c2)CC1. The number of nitro groups is 1. The minimum absolute atomic E-state index is 0.0981. The third-order valence-electron chi connectivity index (χ3n) is 5.64. The lowest BCUT2D eigenvalue weighted by Crippen LogP contribution is -2.34. The maximum atomic E-state index is 13.1. The predicted molar refractivity (Wildman–Crippen MR) is 119 cm³/mol. The second kappa shape index (κ2) is 8.99. The molecule has 0 unspecified atom stereocenters. The van der Waals surface area contributed by atoms with Crippen LogP contribution in [-0.2, 0) is 6.54 Å². The molecule has 0 aliphatic carbocycles. The van der Waals surface area contributed by atoms with Crippen LogP contribution in [0, 0.1) is 16.0 Å². The first-order valence-corrected chi connectivity index (χ1v) is 10.4. The largest absolute Gasteiger partial charge is 0.371 e. The Labute approximate surface area is 180 Å². The van der Waals surface area contributed by atoms with Gasteiger partial charge < -0.3 is 10.2 Å². The summed E-state index contributed by atoms with van der Waals surface area (Å²) in [5.74, 6) is 0.263. The molecule has 2 aromatic carbocycles. The summed E-state index contributed by atoms with van der Waals surface area (Å²) in [6.45, 7) is 4.46. The smallest absolute Gasteiger partial charge is 0.270 e. The average molecular weight is 419 g/mol. The lowest BCUT2D eigenvalue weighted by Gasteiger charge is -2.33. The summed E-state index contributed by atoms with van der Waals surface area (Å²) in [4.78, 5) is 26.0. The van der Waals surface area contributed by atoms with Crippen LogP contribution in [0.1, 0.15) is 35.7 Å². The molecule has 1 aliphatic rings. The summed E-state index contributed by atoms with van der Waals surface area (Å²) in [5.41, 5.74) is 2.58. The number of nitrogens with zero attached hydrogens (tertiary/aromatic N) is 4. The Morgan fingerprint density at radius 1 is 1.19 bits per heavy atom. The maximum absolute atomic E-state index is 13.1. The molecule has 0 saturated carbocycles. The highest BCUT2D eigenvalue weighted by atomic mass is 16.6. The molecule has 1 aliphatic heterocycles. The van der Waals surface area contributed by atoms with Crippen molar-refractivity contribution in [3.63, 3.8) is 0 Å². The number of piperidine rings is 1. The molecule has 4 rings (SSSR count). The molecule has 1 aromatic heterocycles. The van der Waals surface area contributed by atoms with Crippen LogP contribution in [0.15, 0.2) is 60.9 Å². The third-order valence-corrected chi connectivity index (χ3v) is 5.64. The van der Waals surface area contributed by atoms with Crippen LogP contribution in [0.25, 0.3) is 0 Å². The fraction of sp³-hybridized carbons (Fsp3) is 0.304. The number of amides is 1. The van der Waals surface area contributed by atoms with Crippen LogP contribution in [0.2, 0.25) is 0 Å². The van der Waals surface area contributed by atoms with E-state index in [0.29, 0.717) is 23.7 Å². The molecule has 0 radical (unpaired) electrons. The van der Waals surface area contributed by atoms with Gasteiger partial charge in [-0.3, -0.25) is 19.6 Å². The van der Waals surface area contributed by atoms with Crippen LogP contribution < -0.4 is 10.2 Å². The van der Waals surface area contributed by atoms with Gasteiger partial charge in [0.05, 0.1) is 34.6 Å². The van der Waals surface area contributed by atoms with E-state index in [-0.39, 0.29) is 11.6 Å². The molecular weight excluding hydrogens is 394 g/mol. The normalized spacial score (nSPS) is 14.4. The number of non-ortho nitro benzene ring substituents is 1. The molecule has 8 nitrogen and oxygen atoms in total. The number of carbonyl (C=O) groups excluding carboxylic acids is 1. The third kappa shape index (κ3) is 4.91. The minimum Gasteiger partial charge on any atom is -0.371 e. The molecule has 0 bridgehead atoms. The van der Waals surface area contributed by atoms with Crippen LogP contribution in [0.5, 0.6) is 0 Å². The lowest BCUT2D eigenvalue weighted by atomic mass is 9.98. The number of anilines is 2. The molecular formula is C23H25N5O3. The zero-order chi connectivity index (χ0) is 21.8. The van der Waals surface area contributed by atoms with E-state index in [2.05, 4.69) is 22.2 Å². The zero-order valence-electron chi connectivity index (χ0n) is 17.4. The molecule has 3 aromatic rings. The van der Waals surface area contributed by atoms with E-state index < -0.39 is 4.92 Å². The van der Waals surface area contributed by atoms with Gasteiger partial charge in [0.15, 0.2) is 0 Å². The van der Waals surface area contributed by atoms with E-state index in [1.165, 1.54) is 12.1 Å². The van der Waals surface area contributed by atoms with Crippen molar-refractivity contribution >= 4 is 23.0 Å². The lowest BCUT2D eigenvalue weighted by molar-refractivity contribution is -0.384. The van der Waals surface area contributed by atoms with E-state index in [1.807, 2.05) is 30.3 Å². The van der Waals surface area contributed by atoms with Crippen molar-refractivity contribution in [2.24, 2.45) is 5.92 Å². The number of aromatic nitrogens is 2. The van der Waals surface area contributed by atoms with Crippen LogP contribution >= 0.6 is 0 Å². The number of hydrogen-bond acceptors (Lipinski definition) is 5. The van der Waals surface area contributed by atoms with E-state index in [0.717, 1.165) is 37.2 Å². The first-order valence-electron chi connectivity index (χ1n) is 10.4. The molecule has 1 fully saturated rings. The van der Waals surface area contributed by atoms with Crippen molar-refractivity contribution in [3.05, 3.63) is 82.2 Å². The fourth-order valence-electron chi connectivity index (χ4n) is 3.83. The number of nitrogens with one attached hydrogen (secondary N) is 1. The van der Waals surface area contributed by atoms with Gasteiger partial charge in [-0.05, 0) is 30.4 Å². The Bertz CT molecular complexity index is 1070. The summed E-state index contributed by atoms with van der Waals surface area (Å²) in [6.07, 6.45) is 5.40. The molecule has 0 spiro atoms. The summed E-state index contributed by atoms with van der Waals surface area (Å²) in [7, 11) is 0. The Hall–Kier alpha value is -3.68. The monoisotopic (exact) mass is 419 g/mol. The second-order valence-electron chi connectivity index (χ2n) is 7.99. The van der Waals surface area contributed by atoms with E-state index in [1.54, 1.807) is 23.1 Å². The van der Waals surface area contributed by atoms with Crippen molar-refractivity contribution in [1.82, 2.24) is 9.78 Å². The highest BCUT2D eigenvalue weighted by Gasteiger charge is 2.24. The highest BCUT2D eigenvalue weighted by molar-refractivity contribution is 6.08. The number of hydrogen-bond donors (Lipinski definition) is 1. The summed E-state index contributed by atoms with van der Waals surface area (Å²) < 4.78 is 1.74. The summed E-state index contributed by atoms with van der Waals surface area (Å²) in [6, 6.07) is 14.4. The number of nitro benzene ring substituents is 1.